The Bertz CT molecular complexity index is 382. The Morgan fingerprint density at radius 1 is 1.47 bits per heavy atom. The van der Waals surface area contributed by atoms with E-state index < -0.39 is 10.0 Å². The van der Waals surface area contributed by atoms with Crippen LogP contribution in [-0.4, -0.2) is 14.2 Å². The maximum Gasteiger partial charge on any atom is 0.211 e. The van der Waals surface area contributed by atoms with E-state index in [0.29, 0.717) is 0 Å². The van der Waals surface area contributed by atoms with E-state index in [1.54, 1.807) is 18.3 Å². The number of thiophene rings is 1. The van der Waals surface area contributed by atoms with Crippen LogP contribution in [0.5, 0.6) is 0 Å². The summed E-state index contributed by atoms with van der Waals surface area (Å²) < 4.78 is 25.7. The summed E-state index contributed by atoms with van der Waals surface area (Å²) in [4.78, 5) is 1.07. The van der Waals surface area contributed by atoms with E-state index in [1.807, 2.05) is 31.4 Å². The van der Waals surface area contributed by atoms with Crippen LogP contribution in [0.2, 0.25) is 0 Å². The molecule has 86 valence electrons. The molecule has 1 rings (SSSR count). The summed E-state index contributed by atoms with van der Waals surface area (Å²) >= 11 is 1.58. The number of sulfonamides is 1. The molecule has 0 saturated carbocycles. The summed E-state index contributed by atoms with van der Waals surface area (Å²) in [5.41, 5.74) is 0. The SMILES string of the molecule is CCS(=O)(=O)NC(c1cccs1)C(C)C. The van der Waals surface area contributed by atoms with Crippen molar-refractivity contribution in [3.05, 3.63) is 22.4 Å². The summed E-state index contributed by atoms with van der Waals surface area (Å²) in [7, 11) is -3.13. The smallest absolute Gasteiger partial charge is 0.211 e. The van der Waals surface area contributed by atoms with Crippen LogP contribution in [0.3, 0.4) is 0 Å². The lowest BCUT2D eigenvalue weighted by molar-refractivity contribution is 0.469. The largest absolute Gasteiger partial charge is 0.212 e. The zero-order chi connectivity index (χ0) is 11.5. The van der Waals surface area contributed by atoms with E-state index in [4.69, 9.17) is 0 Å². The zero-order valence-electron chi connectivity index (χ0n) is 9.23. The van der Waals surface area contributed by atoms with Crippen molar-refractivity contribution in [1.82, 2.24) is 4.72 Å². The van der Waals surface area contributed by atoms with Gasteiger partial charge < -0.3 is 0 Å². The van der Waals surface area contributed by atoms with Crippen molar-refractivity contribution < 1.29 is 8.42 Å². The number of rotatable bonds is 5. The second kappa shape index (κ2) is 5.09. The minimum absolute atomic E-state index is 0.102. The van der Waals surface area contributed by atoms with Crippen LogP contribution in [0.1, 0.15) is 31.7 Å². The van der Waals surface area contributed by atoms with Gasteiger partial charge in [0.2, 0.25) is 10.0 Å². The van der Waals surface area contributed by atoms with Crippen molar-refractivity contribution >= 4 is 21.4 Å². The number of nitrogens with one attached hydrogen (secondary N) is 1. The van der Waals surface area contributed by atoms with Crippen LogP contribution in [0.4, 0.5) is 0 Å². The van der Waals surface area contributed by atoms with Gasteiger partial charge in [-0.1, -0.05) is 19.9 Å². The van der Waals surface area contributed by atoms with Gasteiger partial charge in [-0.15, -0.1) is 11.3 Å². The van der Waals surface area contributed by atoms with Crippen LogP contribution in [-0.2, 0) is 10.0 Å². The van der Waals surface area contributed by atoms with Crippen molar-refractivity contribution in [1.29, 1.82) is 0 Å². The first-order chi connectivity index (χ1) is 6.96. The molecular formula is C10H17NO2S2. The molecule has 15 heavy (non-hydrogen) atoms. The van der Waals surface area contributed by atoms with Crippen molar-refractivity contribution in [2.24, 2.45) is 5.92 Å². The molecule has 0 aromatic carbocycles. The van der Waals surface area contributed by atoms with E-state index in [1.165, 1.54) is 0 Å². The van der Waals surface area contributed by atoms with Crippen molar-refractivity contribution in [2.75, 3.05) is 5.75 Å². The second-order valence-corrected chi connectivity index (χ2v) is 6.78. The minimum atomic E-state index is -3.13. The predicted octanol–water partition coefficient (Wildman–Crippen LogP) is 2.38. The topological polar surface area (TPSA) is 46.2 Å². The van der Waals surface area contributed by atoms with Gasteiger partial charge in [-0.2, -0.15) is 0 Å². The van der Waals surface area contributed by atoms with E-state index in [0.717, 1.165) is 4.88 Å². The Kier molecular flexibility index (Phi) is 4.31. The molecule has 1 aromatic rings. The fourth-order valence-corrected chi connectivity index (χ4v) is 3.24. The Morgan fingerprint density at radius 2 is 2.13 bits per heavy atom. The maximum absolute atomic E-state index is 11.5. The van der Waals surface area contributed by atoms with Gasteiger partial charge in [0.25, 0.3) is 0 Å². The quantitative estimate of drug-likeness (QED) is 0.868. The number of hydrogen-bond acceptors (Lipinski definition) is 3. The van der Waals surface area contributed by atoms with Crippen molar-refractivity contribution in [3.63, 3.8) is 0 Å². The normalized spacial score (nSPS) is 14.4. The molecule has 0 spiro atoms. The summed E-state index contributed by atoms with van der Waals surface area (Å²) in [5, 5.41) is 1.96. The molecule has 0 aliphatic rings. The Labute approximate surface area is 95.6 Å². The standard InChI is InChI=1S/C10H17NO2S2/c1-4-15(12,13)11-10(8(2)3)9-6-5-7-14-9/h5-8,10-11H,4H2,1-3H3. The zero-order valence-corrected chi connectivity index (χ0v) is 10.9. The van der Waals surface area contributed by atoms with Gasteiger partial charge in [0.15, 0.2) is 0 Å². The van der Waals surface area contributed by atoms with E-state index in [-0.39, 0.29) is 17.7 Å². The monoisotopic (exact) mass is 247 g/mol. The highest BCUT2D eigenvalue weighted by atomic mass is 32.2. The molecule has 1 atom stereocenters. The van der Waals surface area contributed by atoms with E-state index in [2.05, 4.69) is 4.72 Å². The molecule has 1 heterocycles. The Hall–Kier alpha value is -0.390. The summed E-state index contributed by atoms with van der Waals surface area (Å²) in [6.45, 7) is 5.68. The molecule has 0 amide bonds. The highest BCUT2D eigenvalue weighted by Gasteiger charge is 2.21. The average molecular weight is 247 g/mol. The van der Waals surface area contributed by atoms with E-state index >= 15 is 0 Å². The molecule has 3 nitrogen and oxygen atoms in total. The van der Waals surface area contributed by atoms with Crippen molar-refractivity contribution in [3.8, 4) is 0 Å². The molecule has 0 aliphatic heterocycles. The second-order valence-electron chi connectivity index (χ2n) is 3.76. The van der Waals surface area contributed by atoms with Gasteiger partial charge in [0, 0.05) is 4.88 Å². The van der Waals surface area contributed by atoms with E-state index in [9.17, 15) is 8.42 Å². The highest BCUT2D eigenvalue weighted by Crippen LogP contribution is 2.26. The third kappa shape index (κ3) is 3.59. The van der Waals surface area contributed by atoms with Crippen LogP contribution >= 0.6 is 11.3 Å². The highest BCUT2D eigenvalue weighted by molar-refractivity contribution is 7.89. The Morgan fingerprint density at radius 3 is 2.53 bits per heavy atom. The molecule has 0 aliphatic carbocycles. The molecule has 1 N–H and O–H groups in total. The number of hydrogen-bond donors (Lipinski definition) is 1. The van der Waals surface area contributed by atoms with Crippen molar-refractivity contribution in [2.45, 2.75) is 26.8 Å². The van der Waals surface area contributed by atoms with Gasteiger partial charge in [0.1, 0.15) is 0 Å². The van der Waals surface area contributed by atoms with Gasteiger partial charge in [-0.3, -0.25) is 0 Å². The molecule has 0 bridgehead atoms. The van der Waals surface area contributed by atoms with Gasteiger partial charge in [-0.05, 0) is 24.3 Å². The fraction of sp³-hybridized carbons (Fsp3) is 0.600. The Balaban J connectivity index is 2.86. The molecule has 0 saturated heterocycles. The summed E-state index contributed by atoms with van der Waals surface area (Å²) in [6, 6.07) is 3.80. The van der Waals surface area contributed by atoms with Crippen LogP contribution in [0.25, 0.3) is 0 Å². The summed E-state index contributed by atoms with van der Waals surface area (Å²) in [5.74, 6) is 0.381. The molecule has 0 fully saturated rings. The molecular weight excluding hydrogens is 230 g/mol. The first kappa shape index (κ1) is 12.7. The molecule has 1 aromatic heterocycles. The van der Waals surface area contributed by atoms with Gasteiger partial charge in [-0.25, -0.2) is 13.1 Å². The third-order valence-corrected chi connectivity index (χ3v) is 4.53. The third-order valence-electron chi connectivity index (χ3n) is 2.20. The molecule has 1 unspecified atom stereocenters. The lowest BCUT2D eigenvalue weighted by Crippen LogP contribution is -2.32. The maximum atomic E-state index is 11.5. The van der Waals surface area contributed by atoms with Crippen LogP contribution < -0.4 is 4.72 Å². The van der Waals surface area contributed by atoms with Crippen LogP contribution in [0, 0.1) is 5.92 Å². The predicted molar refractivity (Wildman–Crippen MR) is 64.5 cm³/mol. The lowest BCUT2D eigenvalue weighted by Gasteiger charge is -2.20. The summed E-state index contributed by atoms with van der Waals surface area (Å²) in [6.07, 6.45) is 0. The fourth-order valence-electron chi connectivity index (χ4n) is 1.27. The minimum Gasteiger partial charge on any atom is -0.212 e. The van der Waals surface area contributed by atoms with Gasteiger partial charge >= 0.3 is 0 Å². The molecule has 5 heteroatoms. The molecule has 0 radical (unpaired) electrons. The first-order valence-electron chi connectivity index (χ1n) is 4.99. The van der Waals surface area contributed by atoms with Crippen LogP contribution in [0.15, 0.2) is 17.5 Å². The average Bonchev–Trinajstić information content (AvgIpc) is 2.66. The first-order valence-corrected chi connectivity index (χ1v) is 7.53. The lowest BCUT2D eigenvalue weighted by atomic mass is 10.0. The van der Waals surface area contributed by atoms with Gasteiger partial charge in [0.05, 0.1) is 11.8 Å².